The van der Waals surface area contributed by atoms with Crippen molar-refractivity contribution in [2.24, 2.45) is 5.73 Å². The van der Waals surface area contributed by atoms with E-state index < -0.39 is 0 Å². The Balaban J connectivity index is 2.29. The molecule has 0 aliphatic carbocycles. The molecular weight excluding hydrogens is 170 g/mol. The molecule has 0 aromatic heterocycles. The minimum Gasteiger partial charge on any atom is -0.375 e. The van der Waals surface area contributed by atoms with Gasteiger partial charge in [0, 0.05) is 17.5 Å². The first-order chi connectivity index (χ1) is 5.70. The maximum absolute atomic E-state index is 5.95. The molecule has 1 heterocycles. The fourth-order valence-electron chi connectivity index (χ4n) is 1.29. The van der Waals surface area contributed by atoms with Crippen molar-refractivity contribution >= 4 is 11.8 Å². The second-order valence-corrected chi connectivity index (χ2v) is 4.46. The topological polar surface area (TPSA) is 35.2 Å². The van der Waals surface area contributed by atoms with Gasteiger partial charge in [-0.3, -0.25) is 0 Å². The van der Waals surface area contributed by atoms with Crippen molar-refractivity contribution in [3.63, 3.8) is 0 Å². The first-order valence-corrected chi connectivity index (χ1v) is 5.45. The number of ether oxygens (including phenoxy) is 1. The van der Waals surface area contributed by atoms with Crippen molar-refractivity contribution in [3.8, 4) is 0 Å². The minimum absolute atomic E-state index is 0.135. The third kappa shape index (κ3) is 3.17. The maximum Gasteiger partial charge on any atom is 0.0819 e. The molecule has 2 atom stereocenters. The fourth-order valence-corrected chi connectivity index (χ4v) is 2.24. The largest absolute Gasteiger partial charge is 0.375 e. The molecule has 2 N–H and O–H groups in total. The first kappa shape index (κ1) is 10.1. The predicted octanol–water partition coefficient (Wildman–Crippen LogP) is 1.41. The number of nitrogens with two attached hydrogens (primary N) is 1. The molecule has 1 fully saturated rings. The lowest BCUT2D eigenvalue weighted by Gasteiger charge is -2.27. The Morgan fingerprint density at radius 3 is 3.08 bits per heavy atom. The van der Waals surface area contributed by atoms with E-state index in [0.717, 1.165) is 30.1 Å². The van der Waals surface area contributed by atoms with Crippen molar-refractivity contribution in [1.82, 2.24) is 0 Å². The van der Waals surface area contributed by atoms with E-state index in [1.807, 2.05) is 18.7 Å². The summed E-state index contributed by atoms with van der Waals surface area (Å²) in [7, 11) is 0. The van der Waals surface area contributed by atoms with Crippen LogP contribution in [-0.4, -0.2) is 30.3 Å². The van der Waals surface area contributed by atoms with E-state index >= 15 is 0 Å². The Morgan fingerprint density at radius 2 is 2.58 bits per heavy atom. The van der Waals surface area contributed by atoms with Crippen LogP contribution in [0.3, 0.4) is 0 Å². The highest BCUT2D eigenvalue weighted by atomic mass is 32.2. The Hall–Kier alpha value is 0.01000. The zero-order valence-corrected chi connectivity index (χ0v) is 8.40. The average molecular weight is 187 g/mol. The molecule has 0 radical (unpaired) electrons. The van der Waals surface area contributed by atoms with Crippen LogP contribution in [-0.2, 0) is 4.74 Å². The fraction of sp³-hybridized carbons (Fsp3) is 0.778. The van der Waals surface area contributed by atoms with Crippen LogP contribution in [0.25, 0.3) is 0 Å². The normalized spacial score (nSPS) is 26.7. The monoisotopic (exact) mass is 187 g/mol. The highest BCUT2D eigenvalue weighted by Gasteiger charge is 2.21. The number of rotatable bonds is 3. The summed E-state index contributed by atoms with van der Waals surface area (Å²) < 4.78 is 5.55. The molecule has 1 aliphatic rings. The summed E-state index contributed by atoms with van der Waals surface area (Å²) in [5.74, 6) is 2.14. The molecule has 1 aliphatic heterocycles. The highest BCUT2D eigenvalue weighted by Crippen LogP contribution is 2.17. The molecule has 12 heavy (non-hydrogen) atoms. The van der Waals surface area contributed by atoms with E-state index in [1.54, 1.807) is 0 Å². The SMILES string of the molecule is C=C(C)CC(N)C1CSCCO1. The molecule has 3 heteroatoms. The van der Waals surface area contributed by atoms with Crippen molar-refractivity contribution in [2.75, 3.05) is 18.1 Å². The van der Waals surface area contributed by atoms with Gasteiger partial charge >= 0.3 is 0 Å². The van der Waals surface area contributed by atoms with Crippen LogP contribution < -0.4 is 5.73 Å². The van der Waals surface area contributed by atoms with Gasteiger partial charge in [-0.2, -0.15) is 11.8 Å². The molecule has 70 valence electrons. The molecule has 2 unspecified atom stereocenters. The van der Waals surface area contributed by atoms with E-state index in [0.29, 0.717) is 0 Å². The molecule has 0 aromatic carbocycles. The molecule has 1 saturated heterocycles. The lowest BCUT2D eigenvalue weighted by Crippen LogP contribution is -2.41. The third-order valence-electron chi connectivity index (χ3n) is 1.90. The number of thioether (sulfide) groups is 1. The summed E-state index contributed by atoms with van der Waals surface area (Å²) in [5, 5.41) is 0. The Kier molecular flexibility index (Phi) is 4.12. The quantitative estimate of drug-likeness (QED) is 0.679. The van der Waals surface area contributed by atoms with Gasteiger partial charge in [0.1, 0.15) is 0 Å². The van der Waals surface area contributed by atoms with Crippen molar-refractivity contribution in [2.45, 2.75) is 25.5 Å². The molecule has 0 aromatic rings. The van der Waals surface area contributed by atoms with Crippen LogP contribution in [0.1, 0.15) is 13.3 Å². The summed E-state index contributed by atoms with van der Waals surface area (Å²) in [6, 6.07) is 0.135. The van der Waals surface area contributed by atoms with Gasteiger partial charge in [0.25, 0.3) is 0 Å². The van der Waals surface area contributed by atoms with Crippen LogP contribution in [0.15, 0.2) is 12.2 Å². The van der Waals surface area contributed by atoms with Crippen LogP contribution in [0.4, 0.5) is 0 Å². The molecular formula is C9H17NOS. The lowest BCUT2D eigenvalue weighted by atomic mass is 10.1. The summed E-state index contributed by atoms with van der Waals surface area (Å²) >= 11 is 1.92. The first-order valence-electron chi connectivity index (χ1n) is 4.29. The second-order valence-electron chi connectivity index (χ2n) is 3.31. The van der Waals surface area contributed by atoms with Gasteiger partial charge in [-0.05, 0) is 13.3 Å². The molecule has 0 bridgehead atoms. The standard InChI is InChI=1S/C9H17NOS/c1-7(2)5-8(10)9-6-12-4-3-11-9/h8-9H,1,3-6,10H2,2H3. The maximum atomic E-state index is 5.95. The number of hydrogen-bond acceptors (Lipinski definition) is 3. The van der Waals surface area contributed by atoms with E-state index in [1.165, 1.54) is 0 Å². The molecule has 0 amide bonds. The van der Waals surface area contributed by atoms with Gasteiger partial charge < -0.3 is 10.5 Å². The van der Waals surface area contributed by atoms with E-state index in [-0.39, 0.29) is 12.1 Å². The summed E-state index contributed by atoms with van der Waals surface area (Å²) in [5.41, 5.74) is 7.09. The Bertz CT molecular complexity index is 155. The zero-order valence-electron chi connectivity index (χ0n) is 7.58. The second kappa shape index (κ2) is 4.90. The van der Waals surface area contributed by atoms with Gasteiger partial charge in [0.2, 0.25) is 0 Å². The smallest absolute Gasteiger partial charge is 0.0819 e. The van der Waals surface area contributed by atoms with Crippen molar-refractivity contribution in [3.05, 3.63) is 12.2 Å². The minimum atomic E-state index is 0.135. The molecule has 2 nitrogen and oxygen atoms in total. The molecule has 0 saturated carbocycles. The van der Waals surface area contributed by atoms with E-state index in [4.69, 9.17) is 10.5 Å². The van der Waals surface area contributed by atoms with E-state index in [2.05, 4.69) is 6.58 Å². The Labute approximate surface area is 78.5 Å². The van der Waals surface area contributed by atoms with Crippen LogP contribution in [0.2, 0.25) is 0 Å². The Morgan fingerprint density at radius 1 is 1.83 bits per heavy atom. The van der Waals surface area contributed by atoms with Crippen molar-refractivity contribution < 1.29 is 4.74 Å². The van der Waals surface area contributed by atoms with Gasteiger partial charge in [-0.25, -0.2) is 0 Å². The number of hydrogen-bond donors (Lipinski definition) is 1. The predicted molar refractivity (Wildman–Crippen MR) is 54.5 cm³/mol. The highest BCUT2D eigenvalue weighted by molar-refractivity contribution is 7.99. The van der Waals surface area contributed by atoms with Gasteiger partial charge in [-0.15, -0.1) is 6.58 Å². The van der Waals surface area contributed by atoms with Crippen LogP contribution >= 0.6 is 11.8 Å². The van der Waals surface area contributed by atoms with Gasteiger partial charge in [0.15, 0.2) is 0 Å². The average Bonchev–Trinajstić information content (AvgIpc) is 2.05. The van der Waals surface area contributed by atoms with E-state index in [9.17, 15) is 0 Å². The van der Waals surface area contributed by atoms with Crippen LogP contribution in [0, 0.1) is 0 Å². The summed E-state index contributed by atoms with van der Waals surface area (Å²) in [6.45, 7) is 6.70. The van der Waals surface area contributed by atoms with Gasteiger partial charge in [0.05, 0.1) is 12.7 Å². The summed E-state index contributed by atoms with van der Waals surface area (Å²) in [6.07, 6.45) is 1.12. The van der Waals surface area contributed by atoms with Gasteiger partial charge in [-0.1, -0.05) is 5.57 Å². The zero-order chi connectivity index (χ0) is 8.97. The van der Waals surface area contributed by atoms with Crippen molar-refractivity contribution in [1.29, 1.82) is 0 Å². The lowest BCUT2D eigenvalue weighted by molar-refractivity contribution is 0.0572. The third-order valence-corrected chi connectivity index (χ3v) is 2.92. The molecule has 1 rings (SSSR count). The summed E-state index contributed by atoms with van der Waals surface area (Å²) in [4.78, 5) is 0. The van der Waals surface area contributed by atoms with Crippen LogP contribution in [0.5, 0.6) is 0 Å². The molecule has 0 spiro atoms.